The van der Waals surface area contributed by atoms with Gasteiger partial charge in [-0.25, -0.2) is 0 Å². The van der Waals surface area contributed by atoms with E-state index in [4.69, 9.17) is 0 Å². The fourth-order valence-corrected chi connectivity index (χ4v) is 5.90. The molecule has 1 unspecified atom stereocenters. The van der Waals surface area contributed by atoms with Gasteiger partial charge in [0, 0.05) is 21.8 Å². The second kappa shape index (κ2) is 15.1. The molecule has 0 spiro atoms. The van der Waals surface area contributed by atoms with Gasteiger partial charge in [-0.05, 0) is 86.0 Å². The maximum Gasteiger partial charge on any atom is 0.272 e. The first-order valence-electron chi connectivity index (χ1n) is 14.9. The highest BCUT2D eigenvalue weighted by Gasteiger charge is 2.23. The zero-order valence-corrected chi connectivity index (χ0v) is 26.7. The van der Waals surface area contributed by atoms with Gasteiger partial charge in [0.1, 0.15) is 10.9 Å². The van der Waals surface area contributed by atoms with Crippen molar-refractivity contribution in [3.05, 3.63) is 166 Å². The minimum atomic E-state index is -0.501. The molecule has 0 heterocycles. The first-order valence-corrected chi connectivity index (χ1v) is 15.8. The Morgan fingerprint density at radius 3 is 2.02 bits per heavy atom. The van der Waals surface area contributed by atoms with Crippen LogP contribution in [0.3, 0.4) is 0 Å². The van der Waals surface area contributed by atoms with Crippen LogP contribution in [0.4, 0.5) is 11.4 Å². The van der Waals surface area contributed by atoms with Crippen LogP contribution in [-0.4, -0.2) is 17.7 Å². The van der Waals surface area contributed by atoms with Crippen LogP contribution >= 0.6 is 11.8 Å². The van der Waals surface area contributed by atoms with Crippen LogP contribution in [0.1, 0.15) is 43.4 Å². The number of benzene rings is 5. The Morgan fingerprint density at radius 2 is 1.35 bits per heavy atom. The van der Waals surface area contributed by atoms with Crippen molar-refractivity contribution >= 4 is 46.9 Å². The summed E-state index contributed by atoms with van der Waals surface area (Å²) in [5, 5.41) is 8.28. The third kappa shape index (κ3) is 8.61. The van der Waals surface area contributed by atoms with Crippen molar-refractivity contribution in [3.63, 3.8) is 0 Å². The second-order valence-electron chi connectivity index (χ2n) is 11.0. The van der Waals surface area contributed by atoms with E-state index in [9.17, 15) is 14.4 Å². The van der Waals surface area contributed by atoms with Gasteiger partial charge in [0.05, 0.1) is 0 Å². The molecular formula is C39H35N3O3S. The van der Waals surface area contributed by atoms with Gasteiger partial charge >= 0.3 is 0 Å². The number of rotatable bonds is 10. The zero-order chi connectivity index (χ0) is 32.5. The molecule has 0 aliphatic rings. The van der Waals surface area contributed by atoms with Gasteiger partial charge in [0.2, 0.25) is 5.91 Å². The minimum Gasteiger partial charge on any atom is -0.325 e. The van der Waals surface area contributed by atoms with Crippen LogP contribution in [0, 0.1) is 20.8 Å². The molecule has 0 saturated heterocycles. The fourth-order valence-electron chi connectivity index (χ4n) is 4.87. The van der Waals surface area contributed by atoms with Crippen LogP contribution in [0.2, 0.25) is 0 Å². The Labute approximate surface area is 274 Å². The molecule has 0 aromatic heterocycles. The van der Waals surface area contributed by atoms with E-state index in [0.29, 0.717) is 11.3 Å². The van der Waals surface area contributed by atoms with E-state index in [1.54, 1.807) is 42.5 Å². The third-order valence-electron chi connectivity index (χ3n) is 7.23. The number of amides is 3. The topological polar surface area (TPSA) is 87.3 Å². The van der Waals surface area contributed by atoms with E-state index in [0.717, 1.165) is 38.4 Å². The van der Waals surface area contributed by atoms with Crippen molar-refractivity contribution < 1.29 is 14.4 Å². The number of anilines is 2. The number of hydrogen-bond donors (Lipinski definition) is 3. The summed E-state index contributed by atoms with van der Waals surface area (Å²) in [5.74, 6) is -0.964. The molecule has 6 nitrogen and oxygen atoms in total. The number of carbonyl (C=O) groups excluding carboxylic acids is 3. The van der Waals surface area contributed by atoms with E-state index < -0.39 is 11.2 Å². The minimum absolute atomic E-state index is 0.116. The van der Waals surface area contributed by atoms with Gasteiger partial charge in [-0.3, -0.25) is 14.4 Å². The zero-order valence-electron chi connectivity index (χ0n) is 25.9. The summed E-state index contributed by atoms with van der Waals surface area (Å²) in [6, 6.07) is 39.4. The molecular weight excluding hydrogens is 591 g/mol. The molecule has 0 aliphatic heterocycles. The maximum absolute atomic E-state index is 13.6. The van der Waals surface area contributed by atoms with Crippen molar-refractivity contribution in [3.8, 4) is 0 Å². The number of thioether (sulfide) groups is 1. The first-order chi connectivity index (χ1) is 22.2. The molecule has 3 amide bonds. The quantitative estimate of drug-likeness (QED) is 0.107. The molecule has 0 fully saturated rings. The maximum atomic E-state index is 13.6. The highest BCUT2D eigenvalue weighted by Crippen LogP contribution is 2.37. The summed E-state index contributed by atoms with van der Waals surface area (Å²) >= 11 is 1.43. The van der Waals surface area contributed by atoms with Gasteiger partial charge in [-0.2, -0.15) is 0 Å². The summed E-state index contributed by atoms with van der Waals surface area (Å²) < 4.78 is 0. The van der Waals surface area contributed by atoms with Crippen molar-refractivity contribution in [1.82, 2.24) is 5.32 Å². The Bertz CT molecular complexity index is 1870. The van der Waals surface area contributed by atoms with Crippen LogP contribution in [-0.2, 0) is 9.59 Å². The predicted molar refractivity (Wildman–Crippen MR) is 188 cm³/mol. The Morgan fingerprint density at radius 1 is 0.674 bits per heavy atom. The lowest BCUT2D eigenvalue weighted by atomic mass is 10.1. The predicted octanol–water partition coefficient (Wildman–Crippen LogP) is 8.49. The first kappa shape index (κ1) is 32.0. The molecule has 46 heavy (non-hydrogen) atoms. The normalized spacial score (nSPS) is 11.8. The van der Waals surface area contributed by atoms with Gasteiger partial charge in [-0.15, -0.1) is 11.8 Å². The SMILES string of the molecule is Cc1cccc(/C=C(\NC(=O)c2ccccc2)C(=O)Nc2ccc(SC(C(=O)Nc3ccc(C)cc3C)c3ccccc3)cc2)c1. The van der Waals surface area contributed by atoms with Crippen molar-refractivity contribution in [2.24, 2.45) is 0 Å². The lowest BCUT2D eigenvalue weighted by molar-refractivity contribution is -0.116. The van der Waals surface area contributed by atoms with E-state index in [2.05, 4.69) is 16.0 Å². The highest BCUT2D eigenvalue weighted by atomic mass is 32.2. The van der Waals surface area contributed by atoms with Crippen molar-refractivity contribution in [1.29, 1.82) is 0 Å². The summed E-state index contributed by atoms with van der Waals surface area (Å²) in [7, 11) is 0. The smallest absolute Gasteiger partial charge is 0.272 e. The Kier molecular flexibility index (Phi) is 10.5. The molecule has 5 aromatic rings. The summed E-state index contributed by atoms with van der Waals surface area (Å²) in [4.78, 5) is 40.9. The summed E-state index contributed by atoms with van der Waals surface area (Å²) in [5.41, 5.74) is 6.73. The fraction of sp³-hybridized carbons (Fsp3) is 0.103. The lowest BCUT2D eigenvalue weighted by Crippen LogP contribution is -2.30. The molecule has 0 bridgehead atoms. The standard InChI is InChI=1S/C39H35N3O3S/c1-26-11-10-12-29(24-26)25-35(42-37(43)31-15-8-5-9-16-31)38(44)40-32-18-20-33(21-19-32)46-36(30-13-6-4-7-14-30)39(45)41-34-22-17-27(2)23-28(34)3/h4-25,36H,1-3H3,(H,40,44)(H,41,45)(H,42,43)/b35-25-. The van der Waals surface area contributed by atoms with Crippen molar-refractivity contribution in [2.45, 2.75) is 30.9 Å². The average Bonchev–Trinajstić information content (AvgIpc) is 3.06. The second-order valence-corrected chi connectivity index (χ2v) is 12.2. The molecule has 0 aliphatic carbocycles. The molecule has 5 aromatic carbocycles. The molecule has 3 N–H and O–H groups in total. The molecule has 0 radical (unpaired) electrons. The highest BCUT2D eigenvalue weighted by molar-refractivity contribution is 8.00. The summed E-state index contributed by atoms with van der Waals surface area (Å²) in [6.45, 7) is 5.97. The van der Waals surface area contributed by atoms with E-state index in [1.165, 1.54) is 11.8 Å². The van der Waals surface area contributed by atoms with Crippen LogP contribution in [0.5, 0.6) is 0 Å². The van der Waals surface area contributed by atoms with Crippen molar-refractivity contribution in [2.75, 3.05) is 10.6 Å². The Balaban J connectivity index is 1.33. The van der Waals surface area contributed by atoms with E-state index in [1.807, 2.05) is 112 Å². The molecule has 7 heteroatoms. The van der Waals surface area contributed by atoms with Crippen LogP contribution in [0.15, 0.2) is 138 Å². The number of carbonyl (C=O) groups is 3. The van der Waals surface area contributed by atoms with Gasteiger partial charge in [0.15, 0.2) is 0 Å². The number of hydrogen-bond acceptors (Lipinski definition) is 4. The van der Waals surface area contributed by atoms with E-state index in [-0.39, 0.29) is 17.5 Å². The third-order valence-corrected chi connectivity index (χ3v) is 8.49. The molecule has 5 rings (SSSR count). The lowest BCUT2D eigenvalue weighted by Gasteiger charge is -2.18. The monoisotopic (exact) mass is 625 g/mol. The Hall–Kier alpha value is -5.40. The largest absolute Gasteiger partial charge is 0.325 e. The molecule has 0 saturated carbocycles. The van der Waals surface area contributed by atoms with Crippen LogP contribution in [0.25, 0.3) is 6.08 Å². The average molecular weight is 626 g/mol. The van der Waals surface area contributed by atoms with Gasteiger partial charge in [0.25, 0.3) is 11.8 Å². The van der Waals surface area contributed by atoms with Gasteiger partial charge < -0.3 is 16.0 Å². The molecule has 1 atom stereocenters. The van der Waals surface area contributed by atoms with E-state index >= 15 is 0 Å². The number of nitrogens with one attached hydrogen (secondary N) is 3. The summed E-state index contributed by atoms with van der Waals surface area (Å²) in [6.07, 6.45) is 1.66. The van der Waals surface area contributed by atoms with Crippen LogP contribution < -0.4 is 16.0 Å². The number of aryl methyl sites for hydroxylation is 3. The van der Waals surface area contributed by atoms with Gasteiger partial charge in [-0.1, -0.05) is 96.1 Å². The molecule has 230 valence electrons.